The van der Waals surface area contributed by atoms with Crippen LogP contribution in [0.5, 0.6) is 0 Å². The third-order valence-electron chi connectivity index (χ3n) is 0.0698. The van der Waals surface area contributed by atoms with E-state index in [1.807, 2.05) is 4.95 Å². The van der Waals surface area contributed by atoms with Gasteiger partial charge in [-0.25, -0.2) is 0 Å². The van der Waals surface area contributed by atoms with E-state index >= 15 is 0 Å². The lowest BCUT2D eigenvalue weighted by atomic mass is 13.7. The first-order chi connectivity index (χ1) is 2.27. The zero-order valence-corrected chi connectivity index (χ0v) is 3.95. The SMILES string of the molecule is O=N[P+](=O)S. The van der Waals surface area contributed by atoms with Crippen LogP contribution < -0.4 is 0 Å². The lowest BCUT2D eigenvalue weighted by molar-refractivity contribution is 0.597. The third-order valence-corrected chi connectivity index (χ3v) is 0.429. The number of nitroso groups, excluding NO2 is 1. The Morgan fingerprint density at radius 1 is 1.80 bits per heavy atom. The highest BCUT2D eigenvalue weighted by Gasteiger charge is 2.02. The lowest BCUT2D eigenvalue weighted by Crippen LogP contribution is -1.19. The zero-order chi connectivity index (χ0) is 4.28. The van der Waals surface area contributed by atoms with Crippen LogP contribution in [-0.2, 0) is 4.57 Å². The molecule has 3 nitrogen and oxygen atoms in total. The van der Waals surface area contributed by atoms with Gasteiger partial charge in [0.15, 0.2) is 0 Å². The molecule has 0 bridgehead atoms. The van der Waals surface area contributed by atoms with Crippen LogP contribution in [0.2, 0.25) is 0 Å². The fourth-order valence-electron chi connectivity index (χ4n) is 0. The van der Waals surface area contributed by atoms with Gasteiger partial charge in [0.1, 0.15) is 12.2 Å². The quantitative estimate of drug-likeness (QED) is 0.314. The summed E-state index contributed by atoms with van der Waals surface area (Å²) in [4.78, 5) is 10.9. The predicted octanol–water partition coefficient (Wildman–Crippen LogP) is 1.34. The molecule has 0 amide bonds. The minimum absolute atomic E-state index is 2.01. The molecule has 0 heterocycles. The Hall–Kier alpha value is 0.0500. The molecule has 0 saturated carbocycles. The van der Waals surface area contributed by atoms with Crippen molar-refractivity contribution >= 4 is 19.4 Å². The van der Waals surface area contributed by atoms with Gasteiger partial charge in [-0.15, -0.1) is 0 Å². The van der Waals surface area contributed by atoms with Crippen LogP contribution in [0.4, 0.5) is 0 Å². The molecule has 0 fully saturated rings. The molecule has 1 unspecified atom stereocenters. The van der Waals surface area contributed by atoms with Crippen LogP contribution in [-0.4, -0.2) is 0 Å². The maximum atomic E-state index is 9.35. The highest BCUT2D eigenvalue weighted by Crippen LogP contribution is 2.25. The van der Waals surface area contributed by atoms with Crippen molar-refractivity contribution in [1.82, 2.24) is 0 Å². The second-order valence-electron chi connectivity index (χ2n) is 0.334. The molecular weight excluding hydrogens is 109 g/mol. The van der Waals surface area contributed by atoms with Crippen molar-refractivity contribution < 1.29 is 4.57 Å². The van der Waals surface area contributed by atoms with Gasteiger partial charge >= 0.3 is 7.15 Å². The van der Waals surface area contributed by atoms with Crippen molar-refractivity contribution in [3.63, 3.8) is 0 Å². The summed E-state index contributed by atoms with van der Waals surface area (Å²) >= 11 is 3.13. The Morgan fingerprint density at radius 2 is 2.00 bits per heavy atom. The molecule has 0 aliphatic carbocycles. The number of nitrogens with zero attached hydrogens (tertiary/aromatic N) is 1. The Bertz CT molecular complexity index is 60.7. The maximum Gasteiger partial charge on any atom is 0.596 e. The molecule has 5 heteroatoms. The molecule has 0 aromatic heterocycles. The fraction of sp³-hybridized carbons (Fsp3) is 0. The van der Waals surface area contributed by atoms with Crippen LogP contribution in [0.15, 0.2) is 4.95 Å². The Balaban J connectivity index is 3.20. The van der Waals surface area contributed by atoms with Crippen molar-refractivity contribution in [3.05, 3.63) is 4.91 Å². The minimum atomic E-state index is -2.08. The number of hydrogen-bond acceptors (Lipinski definition) is 2. The first-order valence-electron chi connectivity index (χ1n) is 0.765. The average Bonchev–Trinajstić information content (AvgIpc) is 1.38. The number of thiol groups is 1. The van der Waals surface area contributed by atoms with Gasteiger partial charge in [0.2, 0.25) is 4.95 Å². The molecule has 5 heavy (non-hydrogen) atoms. The van der Waals surface area contributed by atoms with Gasteiger partial charge in [-0.3, -0.25) is 0 Å². The van der Waals surface area contributed by atoms with Crippen molar-refractivity contribution in [1.29, 1.82) is 0 Å². The van der Waals surface area contributed by atoms with Gasteiger partial charge in [0.25, 0.3) is 0 Å². The first kappa shape index (κ1) is 5.05. The van der Waals surface area contributed by atoms with Crippen LogP contribution in [0, 0.1) is 4.91 Å². The van der Waals surface area contributed by atoms with Crippen LogP contribution in [0.3, 0.4) is 0 Å². The van der Waals surface area contributed by atoms with E-state index in [1.54, 1.807) is 0 Å². The van der Waals surface area contributed by atoms with Gasteiger partial charge in [0, 0.05) is 0 Å². The van der Waals surface area contributed by atoms with Crippen molar-refractivity contribution in [3.8, 4) is 0 Å². The van der Waals surface area contributed by atoms with E-state index in [-0.39, 0.29) is 0 Å². The summed E-state index contributed by atoms with van der Waals surface area (Å²) in [6, 6.07) is 0. The molecule has 0 aliphatic heterocycles. The van der Waals surface area contributed by atoms with Gasteiger partial charge < -0.3 is 0 Å². The minimum Gasteiger partial charge on any atom is -0.0962 e. The van der Waals surface area contributed by atoms with Gasteiger partial charge in [-0.2, -0.15) is 0 Å². The number of hydrogen-bond donors (Lipinski definition) is 1. The smallest absolute Gasteiger partial charge is 0.0962 e. The summed E-state index contributed by atoms with van der Waals surface area (Å²) in [7, 11) is -2.08. The molecule has 0 aromatic rings. The molecule has 0 aromatic carbocycles. The number of rotatable bonds is 1. The molecule has 1 atom stereocenters. The largest absolute Gasteiger partial charge is 0.596 e. The fourth-order valence-corrected chi connectivity index (χ4v) is 0. The van der Waals surface area contributed by atoms with E-state index in [0.29, 0.717) is 0 Å². The maximum absolute atomic E-state index is 9.35. The summed E-state index contributed by atoms with van der Waals surface area (Å²) in [6.45, 7) is 0. The van der Waals surface area contributed by atoms with Crippen LogP contribution >= 0.6 is 19.4 Å². The van der Waals surface area contributed by atoms with E-state index in [4.69, 9.17) is 4.91 Å². The molecule has 0 spiro atoms. The summed E-state index contributed by atoms with van der Waals surface area (Å²) in [5, 5.41) is 0. The van der Waals surface area contributed by atoms with Crippen LogP contribution in [0.25, 0.3) is 0 Å². The molecule has 0 saturated heterocycles. The average molecular weight is 110 g/mol. The Morgan fingerprint density at radius 3 is 2.00 bits per heavy atom. The molecule has 28 valence electrons. The molecular formula is HNO2PS+. The van der Waals surface area contributed by atoms with E-state index < -0.39 is 7.15 Å². The Kier molecular flexibility index (Phi) is 2.32. The van der Waals surface area contributed by atoms with Gasteiger partial charge in [-0.1, -0.05) is 4.91 Å². The highest BCUT2D eigenvalue weighted by atomic mass is 32.7. The predicted molar refractivity (Wildman–Crippen MR) is 22.4 cm³/mol. The lowest BCUT2D eigenvalue weighted by Gasteiger charge is -1.33. The van der Waals surface area contributed by atoms with Crippen molar-refractivity contribution in [2.75, 3.05) is 0 Å². The summed E-state index contributed by atoms with van der Waals surface area (Å²) in [6.07, 6.45) is 0. The highest BCUT2D eigenvalue weighted by molar-refractivity contribution is 8.40. The summed E-state index contributed by atoms with van der Waals surface area (Å²) in [5.41, 5.74) is 0. The normalized spacial score (nSPS) is 10.2. The summed E-state index contributed by atoms with van der Waals surface area (Å²) in [5.74, 6) is 0. The monoisotopic (exact) mass is 110 g/mol. The van der Waals surface area contributed by atoms with E-state index in [9.17, 15) is 4.57 Å². The molecule has 0 rings (SSSR count). The van der Waals surface area contributed by atoms with Crippen LogP contribution in [0.1, 0.15) is 0 Å². The summed E-state index contributed by atoms with van der Waals surface area (Å²) < 4.78 is 9.35. The molecule has 0 N–H and O–H groups in total. The van der Waals surface area contributed by atoms with E-state index in [1.165, 1.54) is 0 Å². The molecule has 0 radical (unpaired) electrons. The topological polar surface area (TPSA) is 46.5 Å². The van der Waals surface area contributed by atoms with Crippen molar-refractivity contribution in [2.45, 2.75) is 0 Å². The second-order valence-corrected chi connectivity index (χ2v) is 2.03. The van der Waals surface area contributed by atoms with E-state index in [2.05, 4.69) is 12.2 Å². The third kappa shape index (κ3) is 4.05. The Labute approximate surface area is 34.7 Å². The first-order valence-corrected chi connectivity index (χ1v) is 3.13. The van der Waals surface area contributed by atoms with Gasteiger partial charge in [0.05, 0.1) is 0 Å². The molecule has 0 aliphatic rings. The zero-order valence-electron chi connectivity index (χ0n) is 2.16. The standard InChI is InChI=1S/NO2PS/c2-1-4(3)5/p+1. The van der Waals surface area contributed by atoms with Crippen molar-refractivity contribution in [2.24, 2.45) is 4.95 Å². The second kappa shape index (κ2) is 2.30. The van der Waals surface area contributed by atoms with Gasteiger partial charge in [-0.05, 0) is 4.57 Å². The van der Waals surface area contributed by atoms with E-state index in [0.717, 1.165) is 0 Å².